The van der Waals surface area contributed by atoms with Gasteiger partial charge in [-0.3, -0.25) is 0 Å². The fourth-order valence-electron chi connectivity index (χ4n) is 2.41. The van der Waals surface area contributed by atoms with Crippen LogP contribution in [0.1, 0.15) is 46.5 Å². The predicted octanol–water partition coefficient (Wildman–Crippen LogP) is 1.19. The molecule has 1 aliphatic rings. The summed E-state index contributed by atoms with van der Waals surface area (Å²) in [7, 11) is -3.04. The molecule has 6 heteroatoms. The highest BCUT2D eigenvalue weighted by atomic mass is 32.2. The average molecular weight is 306 g/mol. The first-order chi connectivity index (χ1) is 9.37. The number of aliphatic hydroxyl groups excluding tert-OH is 1. The van der Waals surface area contributed by atoms with Crippen molar-refractivity contribution in [3.05, 3.63) is 0 Å². The minimum absolute atomic E-state index is 0.0780. The molecule has 0 amide bonds. The number of nitrogens with zero attached hydrogens (tertiary/aromatic N) is 1. The van der Waals surface area contributed by atoms with Crippen LogP contribution in [0.25, 0.3) is 0 Å². The molecule has 0 aliphatic carbocycles. The number of aliphatic hydroxyl groups is 1. The standard InChI is InChI=1S/C14H30N2O3S/c1-4-10-20(18,19)16-8-6-13(7-9-16)15-11-14(3,5-2)12-17/h13,15,17H,4-12H2,1-3H3. The number of piperidine rings is 1. The van der Waals surface area contributed by atoms with Gasteiger partial charge in [0.2, 0.25) is 10.0 Å². The molecule has 1 aliphatic heterocycles. The number of hydrogen-bond acceptors (Lipinski definition) is 4. The van der Waals surface area contributed by atoms with E-state index in [1.54, 1.807) is 4.31 Å². The van der Waals surface area contributed by atoms with Gasteiger partial charge in [-0.2, -0.15) is 0 Å². The van der Waals surface area contributed by atoms with Crippen LogP contribution in [0.5, 0.6) is 0 Å². The van der Waals surface area contributed by atoms with Crippen molar-refractivity contribution in [1.29, 1.82) is 0 Å². The largest absolute Gasteiger partial charge is 0.396 e. The Morgan fingerprint density at radius 3 is 2.35 bits per heavy atom. The number of nitrogens with one attached hydrogen (secondary N) is 1. The quantitative estimate of drug-likeness (QED) is 0.707. The van der Waals surface area contributed by atoms with Crippen molar-refractivity contribution >= 4 is 10.0 Å². The van der Waals surface area contributed by atoms with Gasteiger partial charge in [0.25, 0.3) is 0 Å². The Balaban J connectivity index is 2.40. The predicted molar refractivity (Wildman–Crippen MR) is 82.2 cm³/mol. The Bertz CT molecular complexity index is 372. The summed E-state index contributed by atoms with van der Waals surface area (Å²) in [5, 5.41) is 12.9. The van der Waals surface area contributed by atoms with Crippen molar-refractivity contribution in [2.75, 3.05) is 32.0 Å². The molecule has 1 rings (SSSR count). The summed E-state index contributed by atoms with van der Waals surface area (Å²) in [6, 6.07) is 0.362. The molecule has 0 bridgehead atoms. The summed E-state index contributed by atoms with van der Waals surface area (Å²) >= 11 is 0. The van der Waals surface area contributed by atoms with Gasteiger partial charge in [-0.1, -0.05) is 20.8 Å². The second-order valence-electron chi connectivity index (χ2n) is 6.19. The Morgan fingerprint density at radius 1 is 1.30 bits per heavy atom. The van der Waals surface area contributed by atoms with Crippen LogP contribution in [0.3, 0.4) is 0 Å². The molecule has 2 N–H and O–H groups in total. The van der Waals surface area contributed by atoms with Gasteiger partial charge in [-0.05, 0) is 25.7 Å². The van der Waals surface area contributed by atoms with Crippen molar-refractivity contribution < 1.29 is 13.5 Å². The third-order valence-corrected chi connectivity index (χ3v) is 6.44. The number of rotatable bonds is 8. The van der Waals surface area contributed by atoms with Crippen LogP contribution >= 0.6 is 0 Å². The van der Waals surface area contributed by atoms with Crippen LogP contribution in [0, 0.1) is 5.41 Å². The van der Waals surface area contributed by atoms with Gasteiger partial charge in [0, 0.05) is 37.7 Å². The van der Waals surface area contributed by atoms with E-state index in [-0.39, 0.29) is 17.8 Å². The van der Waals surface area contributed by atoms with E-state index in [9.17, 15) is 13.5 Å². The van der Waals surface area contributed by atoms with Gasteiger partial charge in [0.1, 0.15) is 0 Å². The molecule has 120 valence electrons. The first-order valence-corrected chi connectivity index (χ1v) is 9.30. The lowest BCUT2D eigenvalue weighted by atomic mass is 9.88. The van der Waals surface area contributed by atoms with E-state index >= 15 is 0 Å². The van der Waals surface area contributed by atoms with Crippen molar-refractivity contribution in [2.24, 2.45) is 5.41 Å². The third kappa shape index (κ3) is 4.98. The summed E-state index contributed by atoms with van der Waals surface area (Å²) in [6.45, 7) is 8.24. The highest BCUT2D eigenvalue weighted by Gasteiger charge is 2.28. The minimum Gasteiger partial charge on any atom is -0.396 e. The van der Waals surface area contributed by atoms with Crippen LogP contribution in [-0.2, 0) is 10.0 Å². The maximum atomic E-state index is 12.0. The maximum Gasteiger partial charge on any atom is 0.214 e. The zero-order valence-corrected chi connectivity index (χ0v) is 13.9. The molecule has 0 spiro atoms. The fraction of sp³-hybridized carbons (Fsp3) is 1.00. The van der Waals surface area contributed by atoms with E-state index in [1.165, 1.54) is 0 Å². The number of sulfonamides is 1. The Kier molecular flexibility index (Phi) is 6.91. The molecule has 1 saturated heterocycles. The highest BCUT2D eigenvalue weighted by Crippen LogP contribution is 2.20. The van der Waals surface area contributed by atoms with Crippen molar-refractivity contribution in [1.82, 2.24) is 9.62 Å². The SMILES string of the molecule is CCCS(=O)(=O)N1CCC(NCC(C)(CC)CO)CC1. The van der Waals surface area contributed by atoms with E-state index in [0.717, 1.165) is 25.8 Å². The van der Waals surface area contributed by atoms with Crippen molar-refractivity contribution in [3.8, 4) is 0 Å². The molecule has 20 heavy (non-hydrogen) atoms. The van der Waals surface area contributed by atoms with Crippen LogP contribution in [0.15, 0.2) is 0 Å². The molecule has 1 unspecified atom stereocenters. The molecule has 1 heterocycles. The average Bonchev–Trinajstić information content (AvgIpc) is 2.45. The minimum atomic E-state index is -3.04. The normalized spacial score (nSPS) is 21.8. The summed E-state index contributed by atoms with van der Waals surface area (Å²) < 4.78 is 25.6. The molecular weight excluding hydrogens is 276 g/mol. The molecular formula is C14H30N2O3S. The smallest absolute Gasteiger partial charge is 0.214 e. The zero-order valence-electron chi connectivity index (χ0n) is 13.1. The van der Waals surface area contributed by atoms with Crippen molar-refractivity contribution in [3.63, 3.8) is 0 Å². The Morgan fingerprint density at radius 2 is 1.90 bits per heavy atom. The third-order valence-electron chi connectivity index (χ3n) is 4.36. The first-order valence-electron chi connectivity index (χ1n) is 7.69. The molecule has 0 saturated carbocycles. The lowest BCUT2D eigenvalue weighted by Gasteiger charge is -2.34. The fourth-order valence-corrected chi connectivity index (χ4v) is 3.95. The second kappa shape index (κ2) is 7.73. The zero-order chi connectivity index (χ0) is 15.2. The van der Waals surface area contributed by atoms with E-state index in [1.807, 2.05) is 6.92 Å². The van der Waals surface area contributed by atoms with E-state index in [0.29, 0.717) is 25.6 Å². The van der Waals surface area contributed by atoms with Gasteiger partial charge >= 0.3 is 0 Å². The second-order valence-corrected chi connectivity index (χ2v) is 8.28. The van der Waals surface area contributed by atoms with E-state index in [4.69, 9.17) is 0 Å². The number of hydrogen-bond donors (Lipinski definition) is 2. The summed E-state index contributed by atoms with van der Waals surface area (Å²) in [6.07, 6.45) is 3.31. The maximum absolute atomic E-state index is 12.0. The highest BCUT2D eigenvalue weighted by molar-refractivity contribution is 7.89. The topological polar surface area (TPSA) is 69.6 Å². The Hall–Kier alpha value is -0.170. The molecule has 1 atom stereocenters. The lowest BCUT2D eigenvalue weighted by Crippen LogP contribution is -2.48. The molecule has 0 aromatic heterocycles. The van der Waals surface area contributed by atoms with Gasteiger partial charge < -0.3 is 10.4 Å². The van der Waals surface area contributed by atoms with Gasteiger partial charge in [-0.25, -0.2) is 12.7 Å². The van der Waals surface area contributed by atoms with Gasteiger partial charge in [0.15, 0.2) is 0 Å². The lowest BCUT2D eigenvalue weighted by molar-refractivity contribution is 0.127. The summed E-state index contributed by atoms with van der Waals surface area (Å²) in [5.41, 5.74) is -0.0780. The van der Waals surface area contributed by atoms with Gasteiger partial charge in [0.05, 0.1) is 5.75 Å². The van der Waals surface area contributed by atoms with Crippen LogP contribution in [-0.4, -0.2) is 55.9 Å². The van der Waals surface area contributed by atoms with E-state index < -0.39 is 10.0 Å². The Labute approximate surface area is 123 Å². The molecule has 1 fully saturated rings. The van der Waals surface area contributed by atoms with E-state index in [2.05, 4.69) is 19.2 Å². The molecule has 0 aromatic rings. The first kappa shape index (κ1) is 17.9. The summed E-state index contributed by atoms with van der Waals surface area (Å²) in [4.78, 5) is 0. The summed E-state index contributed by atoms with van der Waals surface area (Å²) in [5.74, 6) is 0.253. The van der Waals surface area contributed by atoms with Crippen LogP contribution < -0.4 is 5.32 Å². The van der Waals surface area contributed by atoms with Crippen LogP contribution in [0.2, 0.25) is 0 Å². The van der Waals surface area contributed by atoms with Crippen LogP contribution in [0.4, 0.5) is 0 Å². The molecule has 0 aromatic carbocycles. The van der Waals surface area contributed by atoms with Crippen molar-refractivity contribution in [2.45, 2.75) is 52.5 Å². The molecule has 0 radical (unpaired) electrons. The molecule has 5 nitrogen and oxygen atoms in total. The van der Waals surface area contributed by atoms with Gasteiger partial charge in [-0.15, -0.1) is 0 Å². The monoisotopic (exact) mass is 306 g/mol.